The van der Waals surface area contributed by atoms with Gasteiger partial charge >= 0.3 is 0 Å². The van der Waals surface area contributed by atoms with Gasteiger partial charge < -0.3 is 10.4 Å². The monoisotopic (exact) mass is 339 g/mol. The van der Waals surface area contributed by atoms with Crippen LogP contribution in [0.2, 0.25) is 0 Å². The van der Waals surface area contributed by atoms with Crippen LogP contribution in [0.4, 0.5) is 11.4 Å². The smallest absolute Gasteiger partial charge is 0.277 e. The van der Waals surface area contributed by atoms with Gasteiger partial charge in [0.05, 0.1) is 19.4 Å². The number of aliphatic hydroxyl groups is 1. The molecule has 8 nitrogen and oxygen atoms in total. The Morgan fingerprint density at radius 3 is 2.52 bits per heavy atom. The summed E-state index contributed by atoms with van der Waals surface area (Å²) in [6.45, 7) is 1.38. The molecule has 124 valence electrons. The van der Waals surface area contributed by atoms with Crippen molar-refractivity contribution >= 4 is 33.2 Å². The molecule has 2 rings (SSSR count). The van der Waals surface area contributed by atoms with Crippen molar-refractivity contribution in [3.63, 3.8) is 0 Å². The number of β-amino-alcohol motifs (C(OH)–C–C–N with tert-alkyl or cyclic N) is 1. The molecule has 0 fully saturated rings. The number of carbonyl (C=O) groups is 2. The molecule has 0 spiro atoms. The highest BCUT2D eigenvalue weighted by atomic mass is 32.2. The lowest BCUT2D eigenvalue weighted by Crippen LogP contribution is -2.34. The number of sulfonamides is 1. The third-order valence-corrected chi connectivity index (χ3v) is 3.74. The Balaban J connectivity index is 2.17. The van der Waals surface area contributed by atoms with E-state index in [1.807, 2.05) is 0 Å². The SMILES string of the molecule is Cc1cc(NS(C)(=O)=O)ccc1NC1=CC(=O)N(CCO)C1=O. The number of aryl methyl sites for hydroxylation is 1. The molecule has 1 aliphatic heterocycles. The molecule has 9 heteroatoms. The number of anilines is 2. The highest BCUT2D eigenvalue weighted by Gasteiger charge is 2.30. The molecule has 1 aromatic carbocycles. The fourth-order valence-corrected chi connectivity index (χ4v) is 2.69. The number of nitrogens with one attached hydrogen (secondary N) is 2. The molecule has 0 atom stereocenters. The average molecular weight is 339 g/mol. The van der Waals surface area contributed by atoms with Crippen LogP contribution in [0.25, 0.3) is 0 Å². The van der Waals surface area contributed by atoms with Crippen LogP contribution in [0.15, 0.2) is 30.0 Å². The van der Waals surface area contributed by atoms with Crippen molar-refractivity contribution in [3.05, 3.63) is 35.5 Å². The maximum atomic E-state index is 12.0. The Bertz CT molecular complexity index is 786. The van der Waals surface area contributed by atoms with Gasteiger partial charge in [0.25, 0.3) is 11.8 Å². The van der Waals surface area contributed by atoms with Crippen LogP contribution in [0.3, 0.4) is 0 Å². The lowest BCUT2D eigenvalue weighted by atomic mass is 10.1. The second-order valence-corrected chi connectivity index (χ2v) is 6.85. The first kappa shape index (κ1) is 17.0. The van der Waals surface area contributed by atoms with Crippen molar-refractivity contribution < 1.29 is 23.1 Å². The number of hydrogen-bond acceptors (Lipinski definition) is 6. The number of nitrogens with zero attached hydrogens (tertiary/aromatic N) is 1. The van der Waals surface area contributed by atoms with Crippen LogP contribution in [-0.4, -0.2) is 49.6 Å². The predicted molar refractivity (Wildman–Crippen MR) is 85.2 cm³/mol. The summed E-state index contributed by atoms with van der Waals surface area (Å²) in [5, 5.41) is 11.7. The summed E-state index contributed by atoms with van der Waals surface area (Å²) in [6, 6.07) is 4.76. The lowest BCUT2D eigenvalue weighted by molar-refractivity contribution is -0.137. The number of benzene rings is 1. The van der Waals surface area contributed by atoms with E-state index in [0.29, 0.717) is 16.9 Å². The van der Waals surface area contributed by atoms with Crippen LogP contribution in [-0.2, 0) is 19.6 Å². The second kappa shape index (κ2) is 6.39. The van der Waals surface area contributed by atoms with E-state index in [9.17, 15) is 18.0 Å². The number of imide groups is 1. The summed E-state index contributed by atoms with van der Waals surface area (Å²) in [6.07, 6.45) is 2.22. The molecule has 0 saturated carbocycles. The molecule has 0 saturated heterocycles. The third-order valence-electron chi connectivity index (χ3n) is 3.13. The molecule has 1 heterocycles. The fraction of sp³-hybridized carbons (Fsp3) is 0.286. The molecular formula is C14H17N3O5S. The molecule has 23 heavy (non-hydrogen) atoms. The molecule has 0 unspecified atom stereocenters. The van der Waals surface area contributed by atoms with Gasteiger partial charge in [0.2, 0.25) is 10.0 Å². The molecule has 0 aromatic heterocycles. The minimum absolute atomic E-state index is 0.0600. The van der Waals surface area contributed by atoms with Crippen molar-refractivity contribution in [2.75, 3.05) is 29.4 Å². The molecule has 1 aliphatic rings. The van der Waals surface area contributed by atoms with E-state index in [2.05, 4.69) is 10.0 Å². The van der Waals surface area contributed by atoms with Gasteiger partial charge in [0.15, 0.2) is 0 Å². The summed E-state index contributed by atoms with van der Waals surface area (Å²) in [7, 11) is -3.37. The maximum absolute atomic E-state index is 12.0. The Morgan fingerprint density at radius 1 is 1.26 bits per heavy atom. The molecule has 0 radical (unpaired) electrons. The zero-order chi connectivity index (χ0) is 17.2. The molecule has 0 bridgehead atoms. The van der Waals surface area contributed by atoms with Crippen molar-refractivity contribution in [2.45, 2.75) is 6.92 Å². The van der Waals surface area contributed by atoms with E-state index in [1.165, 1.54) is 6.08 Å². The number of rotatable bonds is 6. The van der Waals surface area contributed by atoms with Gasteiger partial charge in [-0.2, -0.15) is 0 Å². The van der Waals surface area contributed by atoms with Crippen LogP contribution < -0.4 is 10.0 Å². The van der Waals surface area contributed by atoms with Gasteiger partial charge in [-0.15, -0.1) is 0 Å². The Kier molecular flexibility index (Phi) is 4.71. The van der Waals surface area contributed by atoms with Gasteiger partial charge in [-0.05, 0) is 30.7 Å². The highest BCUT2D eigenvalue weighted by molar-refractivity contribution is 7.92. The van der Waals surface area contributed by atoms with Crippen molar-refractivity contribution in [2.24, 2.45) is 0 Å². The Hall–Kier alpha value is -2.39. The summed E-state index contributed by atoms with van der Waals surface area (Å²) < 4.78 is 24.8. The Morgan fingerprint density at radius 2 is 1.96 bits per heavy atom. The van der Waals surface area contributed by atoms with Gasteiger partial charge in [-0.1, -0.05) is 0 Å². The van der Waals surface area contributed by atoms with Gasteiger partial charge in [-0.25, -0.2) is 8.42 Å². The van der Waals surface area contributed by atoms with E-state index in [0.717, 1.165) is 11.2 Å². The summed E-state index contributed by atoms with van der Waals surface area (Å²) in [4.78, 5) is 24.7. The van der Waals surface area contributed by atoms with Gasteiger partial charge in [-0.3, -0.25) is 19.2 Å². The van der Waals surface area contributed by atoms with E-state index < -0.39 is 21.8 Å². The Labute approximate surface area is 133 Å². The predicted octanol–water partition coefficient (Wildman–Crippen LogP) is 0.0234. The summed E-state index contributed by atoms with van der Waals surface area (Å²) in [5.74, 6) is -0.999. The van der Waals surface area contributed by atoms with Crippen molar-refractivity contribution in [1.82, 2.24) is 4.90 Å². The van der Waals surface area contributed by atoms with E-state index >= 15 is 0 Å². The van der Waals surface area contributed by atoms with Crippen molar-refractivity contribution in [1.29, 1.82) is 0 Å². The second-order valence-electron chi connectivity index (χ2n) is 5.11. The number of hydrogen-bond donors (Lipinski definition) is 3. The topological polar surface area (TPSA) is 116 Å². The van der Waals surface area contributed by atoms with Crippen LogP contribution in [0, 0.1) is 6.92 Å². The first-order valence-corrected chi connectivity index (χ1v) is 8.64. The summed E-state index contributed by atoms with van der Waals surface area (Å²) >= 11 is 0. The number of aliphatic hydroxyl groups excluding tert-OH is 1. The molecule has 0 aliphatic carbocycles. The largest absolute Gasteiger partial charge is 0.395 e. The zero-order valence-electron chi connectivity index (χ0n) is 12.7. The van der Waals surface area contributed by atoms with E-state index in [4.69, 9.17) is 5.11 Å². The molecular weight excluding hydrogens is 322 g/mol. The molecule has 3 N–H and O–H groups in total. The lowest BCUT2D eigenvalue weighted by Gasteiger charge is -2.15. The molecule has 1 aromatic rings. The van der Waals surface area contributed by atoms with Crippen LogP contribution >= 0.6 is 0 Å². The maximum Gasteiger partial charge on any atom is 0.277 e. The first-order valence-electron chi connectivity index (χ1n) is 6.75. The van der Waals surface area contributed by atoms with Crippen LogP contribution in [0.5, 0.6) is 0 Å². The normalized spacial score (nSPS) is 14.9. The fourth-order valence-electron chi connectivity index (χ4n) is 2.14. The standard InChI is InChI=1S/C14H17N3O5S/c1-9-7-10(16-23(2,21)22)3-4-11(9)15-12-8-13(19)17(5-6-18)14(12)20/h3-4,7-8,15-16,18H,5-6H2,1-2H3. The summed E-state index contributed by atoms with van der Waals surface area (Å²) in [5.41, 5.74) is 1.78. The first-order chi connectivity index (χ1) is 10.7. The van der Waals surface area contributed by atoms with Gasteiger partial charge in [0.1, 0.15) is 5.70 Å². The van der Waals surface area contributed by atoms with Gasteiger partial charge in [0, 0.05) is 17.5 Å². The number of carbonyl (C=O) groups excluding carboxylic acids is 2. The van der Waals surface area contributed by atoms with E-state index in [-0.39, 0.29) is 18.8 Å². The quantitative estimate of drug-likeness (QED) is 0.630. The van der Waals surface area contributed by atoms with Crippen molar-refractivity contribution in [3.8, 4) is 0 Å². The minimum atomic E-state index is -3.37. The molecule has 2 amide bonds. The van der Waals surface area contributed by atoms with Crippen LogP contribution in [0.1, 0.15) is 5.56 Å². The number of amides is 2. The van der Waals surface area contributed by atoms with E-state index in [1.54, 1.807) is 25.1 Å². The minimum Gasteiger partial charge on any atom is -0.395 e. The highest BCUT2D eigenvalue weighted by Crippen LogP contribution is 2.23. The zero-order valence-corrected chi connectivity index (χ0v) is 13.5. The third kappa shape index (κ3) is 4.08. The average Bonchev–Trinajstić information content (AvgIpc) is 2.68.